The summed E-state index contributed by atoms with van der Waals surface area (Å²) in [5.74, 6) is 0.287. The zero-order chi connectivity index (χ0) is 25.0. The van der Waals surface area contributed by atoms with E-state index in [0.29, 0.717) is 23.2 Å². The van der Waals surface area contributed by atoms with E-state index in [9.17, 15) is 15.0 Å². The summed E-state index contributed by atoms with van der Waals surface area (Å²) in [5.41, 5.74) is 4.05. The Balaban J connectivity index is 1.34. The van der Waals surface area contributed by atoms with Gasteiger partial charge in [-0.15, -0.1) is 0 Å². The second-order valence-electron chi connectivity index (χ2n) is 9.49. The lowest BCUT2D eigenvalue weighted by molar-refractivity contribution is -0.105. The number of rotatable bonds is 15. The molecule has 1 aliphatic carbocycles. The minimum Gasteiger partial charge on any atom is -0.506 e. The number of carbonyl (C=O) groups excluding carboxylic acids is 1. The van der Waals surface area contributed by atoms with Crippen LogP contribution < -0.4 is 10.6 Å². The summed E-state index contributed by atoms with van der Waals surface area (Å²) in [6.07, 6.45) is 10.5. The molecule has 2 aromatic carbocycles. The molecule has 0 aliphatic heterocycles. The van der Waals surface area contributed by atoms with Gasteiger partial charge in [-0.2, -0.15) is 0 Å². The Morgan fingerprint density at radius 3 is 2.63 bits per heavy atom. The first kappa shape index (κ1) is 27.3. The Morgan fingerprint density at radius 1 is 1.06 bits per heavy atom. The van der Waals surface area contributed by atoms with Crippen LogP contribution in [-0.2, 0) is 24.1 Å². The summed E-state index contributed by atoms with van der Waals surface area (Å²) in [5, 5.41) is 26.2. The van der Waals surface area contributed by atoms with E-state index in [0.717, 1.165) is 69.4 Å². The quantitative estimate of drug-likeness (QED) is 0.151. The van der Waals surface area contributed by atoms with E-state index >= 15 is 0 Å². The summed E-state index contributed by atoms with van der Waals surface area (Å²) >= 11 is 5.97. The maximum atomic E-state index is 10.9. The van der Waals surface area contributed by atoms with Gasteiger partial charge in [0.05, 0.1) is 10.7 Å². The summed E-state index contributed by atoms with van der Waals surface area (Å²) in [6.45, 7) is 6.41. The lowest BCUT2D eigenvalue weighted by atomic mass is 9.86. The Morgan fingerprint density at radius 2 is 1.86 bits per heavy atom. The number of fused-ring (bicyclic) bond motifs is 1. The van der Waals surface area contributed by atoms with Crippen molar-refractivity contribution >= 4 is 23.7 Å². The van der Waals surface area contributed by atoms with Gasteiger partial charge in [0.15, 0.2) is 0 Å². The number of aromatic hydroxyl groups is 2. The third kappa shape index (κ3) is 8.13. The Bertz CT molecular complexity index is 953. The number of benzene rings is 2. The molecule has 35 heavy (non-hydrogen) atoms. The monoisotopic (exact) mass is 501 g/mol. The van der Waals surface area contributed by atoms with Crippen LogP contribution in [0.1, 0.15) is 62.1 Å². The average molecular weight is 502 g/mol. The molecule has 3 rings (SSSR count). The van der Waals surface area contributed by atoms with Crippen LogP contribution in [0.25, 0.3) is 0 Å². The molecule has 0 radical (unpaired) electrons. The molecule has 4 N–H and O–H groups in total. The minimum absolute atomic E-state index is 0.135. The van der Waals surface area contributed by atoms with Crippen LogP contribution in [0, 0.1) is 0 Å². The number of nitrogens with one attached hydrogen (secondary N) is 2. The smallest absolute Gasteiger partial charge is 0.211 e. The number of hydrogen-bond acceptors (Lipinski definition) is 5. The molecule has 0 spiro atoms. The van der Waals surface area contributed by atoms with Crippen LogP contribution in [0.3, 0.4) is 0 Å². The molecule has 0 heterocycles. The largest absolute Gasteiger partial charge is 0.506 e. The lowest BCUT2D eigenvalue weighted by Gasteiger charge is -2.36. The minimum atomic E-state index is 0.135. The maximum absolute atomic E-state index is 10.9. The van der Waals surface area contributed by atoms with Gasteiger partial charge >= 0.3 is 0 Å². The van der Waals surface area contributed by atoms with E-state index in [2.05, 4.69) is 22.5 Å². The third-order valence-corrected chi connectivity index (χ3v) is 7.26. The molecule has 0 fully saturated rings. The van der Waals surface area contributed by atoms with Crippen LogP contribution in [0.4, 0.5) is 5.69 Å². The molecule has 192 valence electrons. The number of amides is 1. The Labute approximate surface area is 214 Å². The summed E-state index contributed by atoms with van der Waals surface area (Å²) in [4.78, 5) is 13.6. The first-order chi connectivity index (χ1) is 17.0. The summed E-state index contributed by atoms with van der Waals surface area (Å²) < 4.78 is 0. The molecule has 0 saturated carbocycles. The molecule has 7 heteroatoms. The average Bonchev–Trinajstić information content (AvgIpc) is 2.86. The van der Waals surface area contributed by atoms with Gasteiger partial charge in [0.25, 0.3) is 0 Å². The molecule has 0 aromatic heterocycles. The lowest BCUT2D eigenvalue weighted by Crippen LogP contribution is -2.40. The molecule has 2 aromatic rings. The fourth-order valence-corrected chi connectivity index (χ4v) is 5.30. The number of hydrogen-bond donors (Lipinski definition) is 4. The fourth-order valence-electron chi connectivity index (χ4n) is 5.10. The van der Waals surface area contributed by atoms with Gasteiger partial charge in [-0.25, -0.2) is 0 Å². The molecule has 1 aliphatic rings. The zero-order valence-electron chi connectivity index (χ0n) is 20.9. The van der Waals surface area contributed by atoms with E-state index in [1.165, 1.54) is 31.2 Å². The van der Waals surface area contributed by atoms with Gasteiger partial charge in [0.1, 0.15) is 11.5 Å². The van der Waals surface area contributed by atoms with Crippen LogP contribution in [-0.4, -0.2) is 53.7 Å². The van der Waals surface area contributed by atoms with E-state index in [-0.39, 0.29) is 11.5 Å². The van der Waals surface area contributed by atoms with Gasteiger partial charge in [0.2, 0.25) is 6.41 Å². The number of carbonyl (C=O) groups is 1. The van der Waals surface area contributed by atoms with Crippen molar-refractivity contribution in [2.24, 2.45) is 0 Å². The second kappa shape index (κ2) is 14.3. The standard InChI is InChI=1S/C28H40ClN3O3/c1-2-16-32(23-9-10-24-22(19-23)8-12-27(35)28(24)31-20-33)17-6-4-3-5-14-30-15-13-21-7-11-26(34)25(29)18-21/h7-8,11-12,18,20,23,30,34-35H,2-6,9-10,13-17,19H2,1H3,(H,31,33)/t23-/m0/s1. The van der Waals surface area contributed by atoms with Crippen molar-refractivity contribution in [3.63, 3.8) is 0 Å². The zero-order valence-corrected chi connectivity index (χ0v) is 21.6. The number of phenols is 2. The molecule has 0 saturated heterocycles. The van der Waals surface area contributed by atoms with Crippen LogP contribution in [0.5, 0.6) is 11.5 Å². The van der Waals surface area contributed by atoms with Gasteiger partial charge in [-0.05, 0) is 106 Å². The van der Waals surface area contributed by atoms with Crippen LogP contribution >= 0.6 is 11.6 Å². The second-order valence-corrected chi connectivity index (χ2v) is 9.90. The number of anilines is 1. The normalized spacial score (nSPS) is 15.2. The molecule has 0 unspecified atom stereocenters. The number of halogens is 1. The van der Waals surface area contributed by atoms with Gasteiger partial charge < -0.3 is 25.7 Å². The fraction of sp³-hybridized carbons (Fsp3) is 0.536. The molecule has 6 nitrogen and oxygen atoms in total. The summed E-state index contributed by atoms with van der Waals surface area (Å²) in [6, 6.07) is 9.63. The van der Waals surface area contributed by atoms with Crippen molar-refractivity contribution in [2.45, 2.75) is 70.8 Å². The van der Waals surface area contributed by atoms with Crippen molar-refractivity contribution in [1.82, 2.24) is 10.2 Å². The first-order valence-electron chi connectivity index (χ1n) is 13.0. The van der Waals surface area contributed by atoms with E-state index in [1.54, 1.807) is 12.1 Å². The Hall–Kier alpha value is -2.28. The highest BCUT2D eigenvalue weighted by Crippen LogP contribution is 2.36. The Kier molecular flexibility index (Phi) is 11.2. The van der Waals surface area contributed by atoms with E-state index in [1.807, 2.05) is 18.2 Å². The highest BCUT2D eigenvalue weighted by molar-refractivity contribution is 6.32. The molecule has 1 atom stereocenters. The van der Waals surface area contributed by atoms with E-state index in [4.69, 9.17) is 11.6 Å². The van der Waals surface area contributed by atoms with Crippen molar-refractivity contribution in [3.05, 3.63) is 52.0 Å². The molecule has 0 bridgehead atoms. The van der Waals surface area contributed by atoms with Crippen molar-refractivity contribution in [2.75, 3.05) is 31.5 Å². The van der Waals surface area contributed by atoms with Crippen molar-refractivity contribution in [3.8, 4) is 11.5 Å². The van der Waals surface area contributed by atoms with Crippen molar-refractivity contribution < 1.29 is 15.0 Å². The third-order valence-electron chi connectivity index (χ3n) is 6.95. The van der Waals surface area contributed by atoms with Gasteiger partial charge in [-0.3, -0.25) is 4.79 Å². The van der Waals surface area contributed by atoms with Gasteiger partial charge in [-0.1, -0.05) is 43.5 Å². The summed E-state index contributed by atoms with van der Waals surface area (Å²) in [7, 11) is 0. The predicted octanol–water partition coefficient (Wildman–Crippen LogP) is 5.28. The number of nitrogens with zero attached hydrogens (tertiary/aromatic N) is 1. The highest BCUT2D eigenvalue weighted by atomic mass is 35.5. The SMILES string of the molecule is CCCN(CCCCCCNCCc1ccc(O)c(Cl)c1)[C@H]1CCc2c(ccc(O)c2NC=O)C1. The molecular weight excluding hydrogens is 462 g/mol. The topological polar surface area (TPSA) is 84.8 Å². The first-order valence-corrected chi connectivity index (χ1v) is 13.4. The number of phenolic OH excluding ortho intramolecular Hbond substituents is 2. The van der Waals surface area contributed by atoms with Crippen molar-refractivity contribution in [1.29, 1.82) is 0 Å². The maximum Gasteiger partial charge on any atom is 0.211 e. The van der Waals surface area contributed by atoms with Gasteiger partial charge in [0, 0.05) is 6.04 Å². The molecular formula is C28H40ClN3O3. The number of unbranched alkanes of at least 4 members (excludes halogenated alkanes) is 3. The van der Waals surface area contributed by atoms with E-state index < -0.39 is 0 Å². The molecule has 1 amide bonds. The van der Waals surface area contributed by atoms with Crippen LogP contribution in [0.15, 0.2) is 30.3 Å². The highest BCUT2D eigenvalue weighted by Gasteiger charge is 2.26. The predicted molar refractivity (Wildman–Crippen MR) is 144 cm³/mol. The van der Waals surface area contributed by atoms with Crippen LogP contribution in [0.2, 0.25) is 5.02 Å².